The Morgan fingerprint density at radius 1 is 1.58 bits per heavy atom. The normalized spacial score (nSPS) is 9.67. The average molecular weight is 172 g/mol. The van der Waals surface area contributed by atoms with Crippen LogP contribution in [0.4, 0.5) is 4.79 Å². The fraction of sp³-hybridized carbons (Fsp3) is 0.625. The number of carbonyl (C=O) groups excluding carboxylic acids is 1. The Labute approximate surface area is 71.5 Å². The van der Waals surface area contributed by atoms with Gasteiger partial charge in [0.1, 0.15) is 5.60 Å². The molecule has 4 heteroatoms. The molecule has 0 aliphatic heterocycles. The lowest BCUT2D eigenvalue weighted by Crippen LogP contribution is -2.15. The minimum atomic E-state index is -1.06. The number of methoxy groups -OCH3 is 1. The maximum atomic E-state index is 10.4. The van der Waals surface area contributed by atoms with Crippen LogP contribution < -0.4 is 0 Å². The molecular weight excluding hydrogens is 160 g/mol. The number of hydrogen-bond donors (Lipinski definition) is 1. The van der Waals surface area contributed by atoms with Gasteiger partial charge < -0.3 is 14.6 Å². The van der Waals surface area contributed by atoms with Crippen LogP contribution in [0.3, 0.4) is 0 Å². The van der Waals surface area contributed by atoms with Gasteiger partial charge in [-0.2, -0.15) is 0 Å². The molecule has 0 heterocycles. The molecule has 0 radical (unpaired) electrons. The van der Waals surface area contributed by atoms with E-state index < -0.39 is 11.8 Å². The van der Waals surface area contributed by atoms with Crippen molar-refractivity contribution in [1.29, 1.82) is 0 Å². The standard InChI is InChI=1S/C8H12O4/c1-8(2,10)5-4-6-12-7(9)11-3/h10H,6H2,1-3H3. The predicted molar refractivity (Wildman–Crippen MR) is 42.4 cm³/mol. The first kappa shape index (κ1) is 10.8. The van der Waals surface area contributed by atoms with Gasteiger partial charge in [0, 0.05) is 0 Å². The minimum absolute atomic E-state index is 0.0728. The van der Waals surface area contributed by atoms with Gasteiger partial charge in [-0.25, -0.2) is 4.79 Å². The number of hydrogen-bond acceptors (Lipinski definition) is 4. The summed E-state index contributed by atoms with van der Waals surface area (Å²) in [5.74, 6) is 4.94. The molecule has 0 saturated heterocycles. The summed E-state index contributed by atoms with van der Waals surface area (Å²) in [7, 11) is 1.21. The average Bonchev–Trinajstić information content (AvgIpc) is 1.96. The van der Waals surface area contributed by atoms with E-state index in [1.54, 1.807) is 0 Å². The second kappa shape index (κ2) is 4.62. The molecule has 0 unspecified atom stereocenters. The monoisotopic (exact) mass is 172 g/mol. The Bertz CT molecular complexity index is 203. The lowest BCUT2D eigenvalue weighted by Gasteiger charge is -2.05. The Morgan fingerprint density at radius 2 is 2.17 bits per heavy atom. The van der Waals surface area contributed by atoms with E-state index >= 15 is 0 Å². The van der Waals surface area contributed by atoms with Crippen molar-refractivity contribution in [2.45, 2.75) is 19.4 Å². The highest BCUT2D eigenvalue weighted by atomic mass is 16.7. The zero-order chi connectivity index (χ0) is 9.61. The van der Waals surface area contributed by atoms with Gasteiger partial charge >= 0.3 is 6.16 Å². The second-order valence-electron chi connectivity index (χ2n) is 2.60. The van der Waals surface area contributed by atoms with Crippen molar-refractivity contribution in [3.05, 3.63) is 0 Å². The molecule has 0 saturated carbocycles. The molecule has 68 valence electrons. The summed E-state index contributed by atoms with van der Waals surface area (Å²) in [5.41, 5.74) is -1.06. The first-order valence-electron chi connectivity index (χ1n) is 3.39. The largest absolute Gasteiger partial charge is 0.508 e. The van der Waals surface area contributed by atoms with Crippen molar-refractivity contribution < 1.29 is 19.4 Å². The number of carbonyl (C=O) groups is 1. The molecule has 4 nitrogen and oxygen atoms in total. The van der Waals surface area contributed by atoms with E-state index in [2.05, 4.69) is 21.3 Å². The molecule has 12 heavy (non-hydrogen) atoms. The van der Waals surface area contributed by atoms with Gasteiger partial charge in [-0.3, -0.25) is 0 Å². The molecule has 0 rings (SSSR count). The maximum absolute atomic E-state index is 10.4. The van der Waals surface area contributed by atoms with Crippen LogP contribution >= 0.6 is 0 Å². The van der Waals surface area contributed by atoms with Crippen LogP contribution in [0.1, 0.15) is 13.8 Å². The summed E-state index contributed by atoms with van der Waals surface area (Å²) in [4.78, 5) is 10.4. The van der Waals surface area contributed by atoms with Gasteiger partial charge in [0.05, 0.1) is 7.11 Å². The smallest absolute Gasteiger partial charge is 0.438 e. The third-order valence-electron chi connectivity index (χ3n) is 0.823. The zero-order valence-electron chi connectivity index (χ0n) is 7.38. The van der Waals surface area contributed by atoms with E-state index in [0.717, 1.165) is 0 Å². The molecule has 0 amide bonds. The molecule has 0 aliphatic rings. The maximum Gasteiger partial charge on any atom is 0.508 e. The van der Waals surface area contributed by atoms with Crippen LogP contribution in [0.5, 0.6) is 0 Å². The number of ether oxygens (including phenoxy) is 2. The highest BCUT2D eigenvalue weighted by Gasteiger charge is 2.05. The first-order valence-corrected chi connectivity index (χ1v) is 3.39. The van der Waals surface area contributed by atoms with Crippen molar-refractivity contribution in [1.82, 2.24) is 0 Å². The van der Waals surface area contributed by atoms with Crippen molar-refractivity contribution in [2.24, 2.45) is 0 Å². The fourth-order valence-corrected chi connectivity index (χ4v) is 0.406. The molecule has 1 N–H and O–H groups in total. The molecule has 0 aliphatic carbocycles. The second-order valence-corrected chi connectivity index (χ2v) is 2.60. The summed E-state index contributed by atoms with van der Waals surface area (Å²) >= 11 is 0. The van der Waals surface area contributed by atoms with Gasteiger partial charge in [-0.15, -0.1) is 0 Å². The zero-order valence-corrected chi connectivity index (χ0v) is 7.38. The van der Waals surface area contributed by atoms with E-state index in [9.17, 15) is 4.79 Å². The molecule has 0 aromatic carbocycles. The topological polar surface area (TPSA) is 55.8 Å². The van der Waals surface area contributed by atoms with E-state index in [4.69, 9.17) is 5.11 Å². The van der Waals surface area contributed by atoms with Gasteiger partial charge in [-0.1, -0.05) is 11.8 Å². The van der Waals surface area contributed by atoms with E-state index in [0.29, 0.717) is 0 Å². The van der Waals surface area contributed by atoms with Crippen molar-refractivity contribution >= 4 is 6.16 Å². The van der Waals surface area contributed by atoms with Crippen molar-refractivity contribution in [2.75, 3.05) is 13.7 Å². The molecule has 0 spiro atoms. The van der Waals surface area contributed by atoms with Crippen LogP contribution in [0.25, 0.3) is 0 Å². The van der Waals surface area contributed by atoms with Gasteiger partial charge in [0.2, 0.25) is 0 Å². The highest BCUT2D eigenvalue weighted by Crippen LogP contribution is 1.95. The molecule has 0 bridgehead atoms. The SMILES string of the molecule is COC(=O)OCC#CC(C)(C)O. The first-order chi connectivity index (χ1) is 5.45. The fourth-order valence-electron chi connectivity index (χ4n) is 0.406. The molecule has 0 fully saturated rings. The highest BCUT2D eigenvalue weighted by molar-refractivity contribution is 5.59. The Morgan fingerprint density at radius 3 is 2.58 bits per heavy atom. The summed E-state index contributed by atoms with van der Waals surface area (Å²) in [6.45, 7) is 3.01. The number of aliphatic hydroxyl groups is 1. The quantitative estimate of drug-likeness (QED) is 0.463. The summed E-state index contributed by atoms with van der Waals surface area (Å²) in [5, 5.41) is 9.09. The molecule has 0 aromatic heterocycles. The molecule has 0 aromatic rings. The van der Waals surface area contributed by atoms with Crippen LogP contribution in [0.2, 0.25) is 0 Å². The summed E-state index contributed by atoms with van der Waals surface area (Å²) in [6.07, 6.45) is -0.778. The predicted octanol–water partition coefficient (Wildman–Crippen LogP) is 0.544. The van der Waals surface area contributed by atoms with Gasteiger partial charge in [0.25, 0.3) is 0 Å². The van der Waals surface area contributed by atoms with Crippen LogP contribution in [-0.4, -0.2) is 30.6 Å². The van der Waals surface area contributed by atoms with Crippen LogP contribution in [-0.2, 0) is 9.47 Å². The van der Waals surface area contributed by atoms with Crippen LogP contribution in [0.15, 0.2) is 0 Å². The van der Waals surface area contributed by atoms with Crippen molar-refractivity contribution in [3.63, 3.8) is 0 Å². The summed E-state index contributed by atoms with van der Waals surface area (Å²) in [6, 6.07) is 0. The Hall–Kier alpha value is -1.21. The van der Waals surface area contributed by atoms with E-state index in [1.165, 1.54) is 21.0 Å². The number of rotatable bonds is 1. The summed E-state index contributed by atoms with van der Waals surface area (Å²) < 4.78 is 8.63. The lowest BCUT2D eigenvalue weighted by molar-refractivity contribution is 0.0828. The lowest BCUT2D eigenvalue weighted by atomic mass is 10.1. The Kier molecular flexibility index (Phi) is 4.16. The van der Waals surface area contributed by atoms with Gasteiger partial charge in [-0.05, 0) is 13.8 Å². The molecular formula is C8H12O4. The van der Waals surface area contributed by atoms with E-state index in [1.807, 2.05) is 0 Å². The minimum Gasteiger partial charge on any atom is -0.438 e. The third-order valence-corrected chi connectivity index (χ3v) is 0.823. The molecule has 0 atom stereocenters. The van der Waals surface area contributed by atoms with Crippen LogP contribution in [0, 0.1) is 11.8 Å². The Balaban J connectivity index is 3.67. The van der Waals surface area contributed by atoms with Crippen molar-refractivity contribution in [3.8, 4) is 11.8 Å². The third kappa shape index (κ3) is 6.90. The van der Waals surface area contributed by atoms with E-state index in [-0.39, 0.29) is 6.61 Å². The van der Waals surface area contributed by atoms with Gasteiger partial charge in [0.15, 0.2) is 6.61 Å².